The van der Waals surface area contributed by atoms with Crippen LogP contribution < -0.4 is 20.5 Å². The lowest BCUT2D eigenvalue weighted by molar-refractivity contribution is 0.102. The lowest BCUT2D eigenvalue weighted by Crippen LogP contribution is -2.23. The molecule has 7 heteroatoms. The molecule has 2 aromatic heterocycles. The molecule has 0 aliphatic carbocycles. The van der Waals surface area contributed by atoms with Crippen LogP contribution >= 0.6 is 0 Å². The van der Waals surface area contributed by atoms with Crippen molar-refractivity contribution in [2.45, 2.75) is 13.5 Å². The smallest absolute Gasteiger partial charge is 0.259 e. The largest absolute Gasteiger partial charge is 0.489 e. The summed E-state index contributed by atoms with van der Waals surface area (Å²) in [7, 11) is 0. The number of carbonyl (C=O) groups is 1. The Bertz CT molecular complexity index is 1050. The maximum Gasteiger partial charge on any atom is 0.259 e. The van der Waals surface area contributed by atoms with Crippen molar-refractivity contribution in [3.05, 3.63) is 76.2 Å². The number of H-pyrrole nitrogens is 1. The van der Waals surface area contributed by atoms with E-state index in [0.717, 1.165) is 0 Å². The van der Waals surface area contributed by atoms with E-state index < -0.39 is 0 Å². The molecule has 136 valence electrons. The van der Waals surface area contributed by atoms with Gasteiger partial charge in [0.2, 0.25) is 5.56 Å². The minimum atomic E-state index is -0.275. The van der Waals surface area contributed by atoms with E-state index >= 15 is 0 Å². The van der Waals surface area contributed by atoms with Gasteiger partial charge in [-0.2, -0.15) is 0 Å². The van der Waals surface area contributed by atoms with Crippen LogP contribution in [0.5, 0.6) is 5.75 Å². The molecule has 1 aliphatic heterocycles. The fourth-order valence-electron chi connectivity index (χ4n) is 3.12. The molecular weight excluding hydrogens is 344 g/mol. The average molecular weight is 362 g/mol. The molecule has 1 aromatic carbocycles. The van der Waals surface area contributed by atoms with Gasteiger partial charge in [-0.15, -0.1) is 0 Å². The summed E-state index contributed by atoms with van der Waals surface area (Å²) in [6, 6.07) is 14.2. The van der Waals surface area contributed by atoms with Gasteiger partial charge in [-0.25, -0.2) is 4.98 Å². The van der Waals surface area contributed by atoms with Gasteiger partial charge in [-0.3, -0.25) is 9.59 Å². The number of anilines is 3. The Morgan fingerprint density at radius 2 is 1.93 bits per heavy atom. The minimum Gasteiger partial charge on any atom is -0.489 e. The molecule has 0 bridgehead atoms. The summed E-state index contributed by atoms with van der Waals surface area (Å²) < 4.78 is 5.80. The van der Waals surface area contributed by atoms with E-state index in [4.69, 9.17) is 4.74 Å². The molecule has 0 atom stereocenters. The first-order chi connectivity index (χ1) is 13.2. The Morgan fingerprint density at radius 3 is 2.70 bits per heavy atom. The molecule has 27 heavy (non-hydrogen) atoms. The Hall–Kier alpha value is -3.61. The third kappa shape index (κ3) is 3.15. The molecule has 0 saturated heterocycles. The standard InChI is InChI=1S/C20H18N4O3/c1-2-24-18-15(9-6-10-21-18)20(26)23-17-13(11-16(25)22-19(17)24)12-27-14-7-4-3-5-8-14/h3-11H,2,12H2,1H3,(H,22,25)(H,23,26). The highest BCUT2D eigenvalue weighted by Gasteiger charge is 2.28. The van der Waals surface area contributed by atoms with E-state index in [1.165, 1.54) is 6.07 Å². The molecule has 0 radical (unpaired) electrons. The normalized spacial score (nSPS) is 12.6. The maximum absolute atomic E-state index is 12.7. The van der Waals surface area contributed by atoms with Crippen molar-refractivity contribution >= 4 is 23.2 Å². The summed E-state index contributed by atoms with van der Waals surface area (Å²) >= 11 is 0. The lowest BCUT2D eigenvalue weighted by Gasteiger charge is -2.23. The zero-order chi connectivity index (χ0) is 18.8. The van der Waals surface area contributed by atoms with E-state index in [1.807, 2.05) is 42.2 Å². The molecule has 0 spiro atoms. The van der Waals surface area contributed by atoms with Crippen molar-refractivity contribution in [1.82, 2.24) is 9.97 Å². The number of aromatic amines is 1. The van der Waals surface area contributed by atoms with Gasteiger partial charge < -0.3 is 19.9 Å². The minimum absolute atomic E-state index is 0.151. The third-order valence-corrected chi connectivity index (χ3v) is 4.35. The van der Waals surface area contributed by atoms with E-state index in [9.17, 15) is 9.59 Å². The quantitative estimate of drug-likeness (QED) is 0.745. The summed E-state index contributed by atoms with van der Waals surface area (Å²) in [5.41, 5.74) is 1.30. The first kappa shape index (κ1) is 16.8. The van der Waals surface area contributed by atoms with Crippen molar-refractivity contribution in [2.24, 2.45) is 0 Å². The molecule has 1 aliphatic rings. The Labute approximate surface area is 155 Å². The lowest BCUT2D eigenvalue weighted by atomic mass is 10.2. The predicted octanol–water partition coefficient (Wildman–Crippen LogP) is 3.07. The van der Waals surface area contributed by atoms with E-state index in [2.05, 4.69) is 15.3 Å². The second-order valence-electron chi connectivity index (χ2n) is 6.06. The molecule has 0 saturated carbocycles. The van der Waals surface area contributed by atoms with Gasteiger partial charge in [0.05, 0.1) is 11.3 Å². The number of para-hydroxylation sites is 1. The zero-order valence-corrected chi connectivity index (χ0v) is 14.7. The Kier molecular flexibility index (Phi) is 4.33. The fourth-order valence-corrected chi connectivity index (χ4v) is 3.12. The van der Waals surface area contributed by atoms with Crippen molar-refractivity contribution in [2.75, 3.05) is 16.8 Å². The van der Waals surface area contributed by atoms with Crippen molar-refractivity contribution in [3.8, 4) is 5.75 Å². The van der Waals surface area contributed by atoms with Crippen LogP contribution in [-0.4, -0.2) is 22.4 Å². The number of ether oxygens (including phenoxy) is 1. The third-order valence-electron chi connectivity index (χ3n) is 4.35. The number of carbonyl (C=O) groups excluding carboxylic acids is 1. The van der Waals surface area contributed by atoms with Crippen LogP contribution in [0.1, 0.15) is 22.8 Å². The molecule has 4 rings (SSSR count). The number of amides is 1. The highest BCUT2D eigenvalue weighted by Crippen LogP contribution is 2.36. The highest BCUT2D eigenvalue weighted by molar-refractivity contribution is 6.11. The van der Waals surface area contributed by atoms with E-state index in [1.54, 1.807) is 18.3 Å². The monoisotopic (exact) mass is 362 g/mol. The SMILES string of the molecule is CCN1c2ncccc2C(=O)Nc2c(COc3ccccc3)cc(=O)[nH]c21. The topological polar surface area (TPSA) is 87.3 Å². The van der Waals surface area contributed by atoms with Crippen LogP contribution in [0.4, 0.5) is 17.3 Å². The van der Waals surface area contributed by atoms with Gasteiger partial charge >= 0.3 is 0 Å². The molecule has 1 amide bonds. The number of hydrogen-bond acceptors (Lipinski definition) is 5. The molecule has 3 aromatic rings. The van der Waals surface area contributed by atoms with Crippen molar-refractivity contribution < 1.29 is 9.53 Å². The molecule has 2 N–H and O–H groups in total. The van der Waals surface area contributed by atoms with Gasteiger partial charge in [0.25, 0.3) is 5.91 Å². The molecule has 7 nitrogen and oxygen atoms in total. The second-order valence-corrected chi connectivity index (χ2v) is 6.06. The molecule has 3 heterocycles. The van der Waals surface area contributed by atoms with Crippen LogP contribution in [-0.2, 0) is 6.61 Å². The van der Waals surface area contributed by atoms with Gasteiger partial charge in [0, 0.05) is 24.4 Å². The fraction of sp³-hybridized carbons (Fsp3) is 0.150. The van der Waals surface area contributed by atoms with Gasteiger partial charge in [0.15, 0.2) is 0 Å². The van der Waals surface area contributed by atoms with E-state index in [0.29, 0.717) is 40.7 Å². The van der Waals surface area contributed by atoms with Crippen molar-refractivity contribution in [1.29, 1.82) is 0 Å². The number of benzene rings is 1. The summed E-state index contributed by atoms with van der Waals surface area (Å²) in [6.07, 6.45) is 1.63. The number of pyridine rings is 2. The number of rotatable bonds is 4. The zero-order valence-electron chi connectivity index (χ0n) is 14.7. The second kappa shape index (κ2) is 6.95. The number of hydrogen-bond donors (Lipinski definition) is 2. The van der Waals surface area contributed by atoms with Crippen LogP contribution in [0.3, 0.4) is 0 Å². The maximum atomic E-state index is 12.7. The molecular formula is C20H18N4O3. The number of fused-ring (bicyclic) bond motifs is 2. The van der Waals surface area contributed by atoms with Crippen molar-refractivity contribution in [3.63, 3.8) is 0 Å². The van der Waals surface area contributed by atoms with Crippen LogP contribution in [0.15, 0.2) is 59.5 Å². The Morgan fingerprint density at radius 1 is 1.11 bits per heavy atom. The first-order valence-electron chi connectivity index (χ1n) is 8.65. The van der Waals surface area contributed by atoms with E-state index in [-0.39, 0.29) is 18.1 Å². The molecule has 0 unspecified atom stereocenters. The summed E-state index contributed by atoms with van der Waals surface area (Å²) in [6.45, 7) is 2.62. The molecule has 0 fully saturated rings. The first-order valence-corrected chi connectivity index (χ1v) is 8.65. The highest BCUT2D eigenvalue weighted by atomic mass is 16.5. The average Bonchev–Trinajstić information content (AvgIpc) is 2.81. The number of nitrogens with zero attached hydrogens (tertiary/aromatic N) is 2. The summed E-state index contributed by atoms with van der Waals surface area (Å²) in [5.74, 6) is 1.42. The van der Waals surface area contributed by atoms with Gasteiger partial charge in [-0.1, -0.05) is 18.2 Å². The Balaban J connectivity index is 1.79. The van der Waals surface area contributed by atoms with Crippen LogP contribution in [0.2, 0.25) is 0 Å². The number of nitrogens with one attached hydrogen (secondary N) is 2. The van der Waals surface area contributed by atoms with Gasteiger partial charge in [-0.05, 0) is 31.2 Å². The predicted molar refractivity (Wildman–Crippen MR) is 103 cm³/mol. The van der Waals surface area contributed by atoms with Crippen LogP contribution in [0.25, 0.3) is 0 Å². The number of aromatic nitrogens is 2. The summed E-state index contributed by atoms with van der Waals surface area (Å²) in [5, 5.41) is 2.90. The van der Waals surface area contributed by atoms with Crippen LogP contribution in [0, 0.1) is 0 Å². The summed E-state index contributed by atoms with van der Waals surface area (Å²) in [4.78, 5) is 34.0. The van der Waals surface area contributed by atoms with Gasteiger partial charge in [0.1, 0.15) is 24.0 Å².